The number of aryl methyl sites for hydroxylation is 1. The van der Waals surface area contributed by atoms with Gasteiger partial charge in [-0.3, -0.25) is 0 Å². The van der Waals surface area contributed by atoms with E-state index in [9.17, 15) is 4.79 Å². The average Bonchev–Trinajstić information content (AvgIpc) is 2.40. The summed E-state index contributed by atoms with van der Waals surface area (Å²) in [6.45, 7) is 1.76. The molecule has 0 saturated heterocycles. The van der Waals surface area contributed by atoms with E-state index < -0.39 is 5.97 Å². The molecule has 2 rings (SSSR count). The molecule has 0 saturated carbocycles. The molecule has 0 spiro atoms. The molecular formula is C13H11IN2O3. The lowest BCUT2D eigenvalue weighted by atomic mass is 10.3. The van der Waals surface area contributed by atoms with E-state index in [0.29, 0.717) is 17.3 Å². The first kappa shape index (κ1) is 13.7. The molecule has 0 bridgehead atoms. The van der Waals surface area contributed by atoms with E-state index in [2.05, 4.69) is 37.3 Å². The zero-order valence-electron chi connectivity index (χ0n) is 10.4. The minimum Gasteiger partial charge on any atom is -0.463 e. The quantitative estimate of drug-likeness (QED) is 0.614. The van der Waals surface area contributed by atoms with E-state index in [-0.39, 0.29) is 5.82 Å². The first-order chi connectivity index (χ1) is 9.10. The second kappa shape index (κ2) is 5.96. The largest absolute Gasteiger partial charge is 0.463 e. The van der Waals surface area contributed by atoms with Gasteiger partial charge in [0.15, 0.2) is 0 Å². The normalized spacial score (nSPS) is 10.1. The number of ether oxygens (including phenoxy) is 2. The molecule has 0 unspecified atom stereocenters. The number of methoxy groups -OCH3 is 1. The topological polar surface area (TPSA) is 61.3 Å². The van der Waals surface area contributed by atoms with Gasteiger partial charge in [-0.1, -0.05) is 12.1 Å². The first-order valence-corrected chi connectivity index (χ1v) is 6.54. The fraction of sp³-hybridized carbons (Fsp3) is 0.154. The van der Waals surface area contributed by atoms with Crippen LogP contribution in [0.25, 0.3) is 0 Å². The highest BCUT2D eigenvalue weighted by Crippen LogP contribution is 2.25. The van der Waals surface area contributed by atoms with Crippen LogP contribution in [0.4, 0.5) is 0 Å². The zero-order chi connectivity index (χ0) is 13.8. The van der Waals surface area contributed by atoms with Crippen LogP contribution in [0.1, 0.15) is 16.3 Å². The van der Waals surface area contributed by atoms with Gasteiger partial charge < -0.3 is 9.47 Å². The summed E-state index contributed by atoms with van der Waals surface area (Å²) in [5, 5.41) is 0. The van der Waals surface area contributed by atoms with Crippen molar-refractivity contribution >= 4 is 28.6 Å². The number of rotatable bonds is 3. The lowest BCUT2D eigenvalue weighted by Crippen LogP contribution is -2.09. The summed E-state index contributed by atoms with van der Waals surface area (Å²) < 4.78 is 11.2. The Bertz CT molecular complexity index is 617. The molecule has 0 aliphatic rings. The number of hydrogen-bond acceptors (Lipinski definition) is 5. The molecule has 19 heavy (non-hydrogen) atoms. The van der Waals surface area contributed by atoms with Crippen LogP contribution >= 0.6 is 22.6 Å². The van der Waals surface area contributed by atoms with Crippen molar-refractivity contribution in [1.29, 1.82) is 0 Å². The third-order valence-corrected chi connectivity index (χ3v) is 3.14. The molecule has 1 aromatic carbocycles. The number of para-hydroxylation sites is 1. The molecule has 0 aliphatic carbocycles. The number of nitrogens with zero attached hydrogens (tertiary/aromatic N) is 2. The van der Waals surface area contributed by atoms with Gasteiger partial charge in [-0.05, 0) is 41.6 Å². The fourth-order valence-electron chi connectivity index (χ4n) is 1.41. The second-order valence-electron chi connectivity index (χ2n) is 3.70. The van der Waals surface area contributed by atoms with Crippen LogP contribution < -0.4 is 4.74 Å². The monoisotopic (exact) mass is 370 g/mol. The summed E-state index contributed by atoms with van der Waals surface area (Å²) >= 11 is 2.17. The maximum Gasteiger partial charge on any atom is 0.376 e. The van der Waals surface area contributed by atoms with E-state index in [1.54, 1.807) is 13.0 Å². The Morgan fingerprint density at radius 2 is 2.00 bits per heavy atom. The van der Waals surface area contributed by atoms with E-state index >= 15 is 0 Å². The highest BCUT2D eigenvalue weighted by Gasteiger charge is 2.13. The highest BCUT2D eigenvalue weighted by atomic mass is 127. The lowest BCUT2D eigenvalue weighted by Gasteiger charge is -2.08. The number of hydrogen-bond donors (Lipinski definition) is 0. The maximum absolute atomic E-state index is 11.4. The standard InChI is InChI=1S/C13H11IN2O3/c1-8-7-11(16-12(15-8)13(17)18-2)19-10-6-4-3-5-9(10)14/h3-7H,1-2H3. The molecule has 0 amide bonds. The van der Waals surface area contributed by atoms with Crippen LogP contribution in [-0.4, -0.2) is 23.0 Å². The van der Waals surface area contributed by atoms with E-state index in [1.165, 1.54) is 7.11 Å². The van der Waals surface area contributed by atoms with Gasteiger partial charge in [0.1, 0.15) is 5.75 Å². The smallest absolute Gasteiger partial charge is 0.376 e. The summed E-state index contributed by atoms with van der Waals surface area (Å²) in [6.07, 6.45) is 0. The van der Waals surface area contributed by atoms with E-state index in [4.69, 9.17) is 4.74 Å². The number of esters is 1. The third-order valence-electron chi connectivity index (χ3n) is 2.25. The molecule has 0 aliphatic heterocycles. The summed E-state index contributed by atoms with van der Waals surface area (Å²) in [4.78, 5) is 19.5. The molecule has 0 atom stereocenters. The SMILES string of the molecule is COC(=O)c1nc(C)cc(Oc2ccccc2I)n1. The Kier molecular flexibility index (Phi) is 4.31. The molecule has 0 N–H and O–H groups in total. The van der Waals surface area contributed by atoms with Crippen LogP contribution in [0.3, 0.4) is 0 Å². The Hall–Kier alpha value is -1.70. The van der Waals surface area contributed by atoms with Gasteiger partial charge >= 0.3 is 5.97 Å². The van der Waals surface area contributed by atoms with Crippen molar-refractivity contribution in [2.24, 2.45) is 0 Å². The van der Waals surface area contributed by atoms with E-state index in [0.717, 1.165) is 3.57 Å². The van der Waals surface area contributed by atoms with Gasteiger partial charge in [-0.2, -0.15) is 4.98 Å². The van der Waals surface area contributed by atoms with Crippen molar-refractivity contribution in [3.63, 3.8) is 0 Å². The minimum atomic E-state index is -0.587. The molecule has 5 nitrogen and oxygen atoms in total. The van der Waals surface area contributed by atoms with E-state index in [1.807, 2.05) is 24.3 Å². The van der Waals surface area contributed by atoms with Gasteiger partial charge in [-0.15, -0.1) is 0 Å². The van der Waals surface area contributed by atoms with Crippen LogP contribution in [0, 0.1) is 10.5 Å². The Labute approximate surface area is 124 Å². The summed E-state index contributed by atoms with van der Waals surface area (Å²) in [6, 6.07) is 9.20. The van der Waals surface area contributed by atoms with Crippen LogP contribution in [0.5, 0.6) is 11.6 Å². The lowest BCUT2D eigenvalue weighted by molar-refractivity contribution is 0.0585. The maximum atomic E-state index is 11.4. The molecule has 1 heterocycles. The van der Waals surface area contributed by atoms with Gasteiger partial charge in [0.25, 0.3) is 0 Å². The zero-order valence-corrected chi connectivity index (χ0v) is 12.5. The predicted molar refractivity (Wildman–Crippen MR) is 77.3 cm³/mol. The molecule has 6 heteroatoms. The van der Waals surface area contributed by atoms with Gasteiger partial charge in [-0.25, -0.2) is 9.78 Å². The first-order valence-electron chi connectivity index (χ1n) is 5.46. The van der Waals surface area contributed by atoms with Crippen molar-refractivity contribution in [2.45, 2.75) is 6.92 Å². The van der Waals surface area contributed by atoms with Gasteiger partial charge in [0.05, 0.1) is 10.7 Å². The molecule has 1 aromatic heterocycles. The predicted octanol–water partition coefficient (Wildman–Crippen LogP) is 2.97. The Morgan fingerprint density at radius 1 is 1.26 bits per heavy atom. The minimum absolute atomic E-state index is 0.0107. The van der Waals surface area contributed by atoms with Crippen LogP contribution in [0.15, 0.2) is 30.3 Å². The van der Waals surface area contributed by atoms with Crippen molar-refractivity contribution in [3.8, 4) is 11.6 Å². The van der Waals surface area contributed by atoms with Crippen molar-refractivity contribution in [3.05, 3.63) is 45.4 Å². The molecule has 0 radical (unpaired) electrons. The Balaban J connectivity index is 2.33. The third kappa shape index (κ3) is 3.40. The van der Waals surface area contributed by atoms with Gasteiger partial charge in [0, 0.05) is 11.8 Å². The molecule has 0 fully saturated rings. The summed E-state index contributed by atoms with van der Waals surface area (Å²) in [5.74, 6) is 0.397. The summed E-state index contributed by atoms with van der Waals surface area (Å²) in [5.41, 5.74) is 0.635. The van der Waals surface area contributed by atoms with Gasteiger partial charge in [0.2, 0.25) is 11.7 Å². The number of aromatic nitrogens is 2. The van der Waals surface area contributed by atoms with Crippen molar-refractivity contribution in [1.82, 2.24) is 9.97 Å². The summed E-state index contributed by atoms with van der Waals surface area (Å²) in [7, 11) is 1.29. The fourth-order valence-corrected chi connectivity index (χ4v) is 1.91. The van der Waals surface area contributed by atoms with Crippen LogP contribution in [-0.2, 0) is 4.74 Å². The number of carbonyl (C=O) groups is 1. The highest BCUT2D eigenvalue weighted by molar-refractivity contribution is 14.1. The average molecular weight is 370 g/mol. The number of benzene rings is 1. The Morgan fingerprint density at radius 3 is 2.68 bits per heavy atom. The van der Waals surface area contributed by atoms with Crippen molar-refractivity contribution < 1.29 is 14.3 Å². The molecule has 98 valence electrons. The van der Waals surface area contributed by atoms with Crippen molar-refractivity contribution in [2.75, 3.05) is 7.11 Å². The molecular weight excluding hydrogens is 359 g/mol. The molecule has 2 aromatic rings. The number of halogens is 1. The van der Waals surface area contributed by atoms with Crippen LogP contribution in [0.2, 0.25) is 0 Å². The second-order valence-corrected chi connectivity index (χ2v) is 4.86. The number of carbonyl (C=O) groups excluding carboxylic acids is 1.